The van der Waals surface area contributed by atoms with Gasteiger partial charge in [0, 0.05) is 42.0 Å². The van der Waals surface area contributed by atoms with E-state index in [1.807, 2.05) is 6.07 Å². The Labute approximate surface area is 155 Å². The summed E-state index contributed by atoms with van der Waals surface area (Å²) in [5.41, 5.74) is 0.959. The molecule has 1 N–H and O–H groups in total. The Kier molecular flexibility index (Phi) is 4.74. The SMILES string of the molecule is Cc1cc(OC2CC(NCc3c(F)ccc4cnccc34)C2)c(F)cc1F. The van der Waals surface area contributed by atoms with Crippen LogP contribution in [0.1, 0.15) is 24.0 Å². The Morgan fingerprint density at radius 3 is 2.70 bits per heavy atom. The monoisotopic (exact) mass is 372 g/mol. The van der Waals surface area contributed by atoms with E-state index in [4.69, 9.17) is 4.74 Å². The molecule has 1 saturated carbocycles. The lowest BCUT2D eigenvalue weighted by atomic mass is 9.89. The standard InChI is InChI=1S/C21H19F3N2O/c1-12-6-21(20(24)9-19(12)23)27-15-7-14(8-15)26-11-17-16-4-5-25-10-13(16)2-3-18(17)22/h2-6,9-10,14-15,26H,7-8,11H2,1H3. The van der Waals surface area contributed by atoms with E-state index in [1.54, 1.807) is 25.4 Å². The average Bonchev–Trinajstić information content (AvgIpc) is 2.62. The number of benzene rings is 2. The first-order valence-corrected chi connectivity index (χ1v) is 8.88. The van der Waals surface area contributed by atoms with E-state index in [-0.39, 0.29) is 23.7 Å². The zero-order valence-corrected chi connectivity index (χ0v) is 14.8. The number of hydrogen-bond donors (Lipinski definition) is 1. The predicted molar refractivity (Wildman–Crippen MR) is 97.1 cm³/mol. The van der Waals surface area contributed by atoms with Crippen molar-refractivity contribution in [3.8, 4) is 5.75 Å². The summed E-state index contributed by atoms with van der Waals surface area (Å²) in [5.74, 6) is -1.46. The van der Waals surface area contributed by atoms with Crippen molar-refractivity contribution in [2.75, 3.05) is 0 Å². The fourth-order valence-corrected chi connectivity index (χ4v) is 3.36. The topological polar surface area (TPSA) is 34.1 Å². The van der Waals surface area contributed by atoms with E-state index in [9.17, 15) is 13.2 Å². The van der Waals surface area contributed by atoms with Crippen LogP contribution in [0.25, 0.3) is 10.8 Å². The molecule has 0 radical (unpaired) electrons. The lowest BCUT2D eigenvalue weighted by Crippen LogP contribution is -2.46. The molecule has 0 amide bonds. The van der Waals surface area contributed by atoms with Crippen LogP contribution >= 0.6 is 0 Å². The van der Waals surface area contributed by atoms with Gasteiger partial charge in [-0.15, -0.1) is 0 Å². The van der Waals surface area contributed by atoms with Crippen molar-refractivity contribution in [2.24, 2.45) is 0 Å². The lowest BCUT2D eigenvalue weighted by Gasteiger charge is -2.36. The summed E-state index contributed by atoms with van der Waals surface area (Å²) in [4.78, 5) is 4.06. The van der Waals surface area contributed by atoms with Crippen LogP contribution < -0.4 is 10.1 Å². The van der Waals surface area contributed by atoms with E-state index < -0.39 is 11.6 Å². The van der Waals surface area contributed by atoms with Gasteiger partial charge in [0.1, 0.15) is 17.7 Å². The van der Waals surface area contributed by atoms with E-state index in [0.29, 0.717) is 30.5 Å². The van der Waals surface area contributed by atoms with Crippen LogP contribution in [-0.2, 0) is 6.54 Å². The highest BCUT2D eigenvalue weighted by atomic mass is 19.1. The fourth-order valence-electron chi connectivity index (χ4n) is 3.36. The first-order valence-electron chi connectivity index (χ1n) is 8.88. The maximum atomic E-state index is 14.2. The molecule has 1 heterocycles. The second kappa shape index (κ2) is 7.19. The number of halogens is 3. The predicted octanol–water partition coefficient (Wildman–Crippen LogP) is 4.66. The molecule has 0 aliphatic heterocycles. The summed E-state index contributed by atoms with van der Waals surface area (Å²) in [6.45, 7) is 1.97. The van der Waals surface area contributed by atoms with E-state index >= 15 is 0 Å². The van der Waals surface area contributed by atoms with Crippen LogP contribution in [0, 0.1) is 24.4 Å². The minimum atomic E-state index is -0.694. The number of fused-ring (bicyclic) bond motifs is 1. The van der Waals surface area contributed by atoms with Crippen molar-refractivity contribution in [3.63, 3.8) is 0 Å². The highest BCUT2D eigenvalue weighted by molar-refractivity contribution is 5.84. The minimum Gasteiger partial charge on any atom is -0.487 e. The van der Waals surface area contributed by atoms with E-state index in [2.05, 4.69) is 10.3 Å². The Morgan fingerprint density at radius 1 is 1.07 bits per heavy atom. The molecule has 0 atom stereocenters. The third kappa shape index (κ3) is 3.62. The first-order chi connectivity index (χ1) is 13.0. The molecule has 0 bridgehead atoms. The summed E-state index contributed by atoms with van der Waals surface area (Å²) < 4.78 is 46.9. The van der Waals surface area contributed by atoms with Gasteiger partial charge in [-0.2, -0.15) is 0 Å². The summed E-state index contributed by atoms with van der Waals surface area (Å²) in [5, 5.41) is 5.06. The van der Waals surface area contributed by atoms with Crippen LogP contribution in [0.5, 0.6) is 5.75 Å². The van der Waals surface area contributed by atoms with Gasteiger partial charge in [-0.3, -0.25) is 4.98 Å². The van der Waals surface area contributed by atoms with Crippen molar-refractivity contribution in [1.29, 1.82) is 0 Å². The summed E-state index contributed by atoms with van der Waals surface area (Å²) in [6, 6.07) is 7.36. The van der Waals surface area contributed by atoms with Crippen molar-refractivity contribution in [1.82, 2.24) is 10.3 Å². The number of rotatable bonds is 5. The summed E-state index contributed by atoms with van der Waals surface area (Å²) in [7, 11) is 0. The smallest absolute Gasteiger partial charge is 0.168 e. The largest absolute Gasteiger partial charge is 0.487 e. The van der Waals surface area contributed by atoms with Gasteiger partial charge in [0.2, 0.25) is 0 Å². The van der Waals surface area contributed by atoms with Gasteiger partial charge in [-0.1, -0.05) is 0 Å². The van der Waals surface area contributed by atoms with Gasteiger partial charge in [0.25, 0.3) is 0 Å². The molecule has 0 spiro atoms. The van der Waals surface area contributed by atoms with Crippen LogP contribution in [-0.4, -0.2) is 17.1 Å². The molecule has 6 heteroatoms. The molecule has 0 saturated heterocycles. The number of ether oxygens (including phenoxy) is 1. The molecule has 27 heavy (non-hydrogen) atoms. The Morgan fingerprint density at radius 2 is 1.89 bits per heavy atom. The highest BCUT2D eigenvalue weighted by Crippen LogP contribution is 2.30. The maximum Gasteiger partial charge on any atom is 0.168 e. The highest BCUT2D eigenvalue weighted by Gasteiger charge is 2.31. The van der Waals surface area contributed by atoms with Gasteiger partial charge in [0.05, 0.1) is 0 Å². The lowest BCUT2D eigenvalue weighted by molar-refractivity contribution is 0.0800. The minimum absolute atomic E-state index is 0.0740. The normalized spacial score (nSPS) is 19.1. The molecule has 3 aromatic rings. The molecular formula is C21H19F3N2O. The average molecular weight is 372 g/mol. The number of pyridine rings is 1. The van der Waals surface area contributed by atoms with Gasteiger partial charge >= 0.3 is 0 Å². The van der Waals surface area contributed by atoms with Crippen LogP contribution in [0.3, 0.4) is 0 Å². The molecule has 3 nitrogen and oxygen atoms in total. The third-order valence-corrected chi connectivity index (χ3v) is 5.04. The van der Waals surface area contributed by atoms with Crippen molar-refractivity contribution >= 4 is 10.8 Å². The summed E-state index contributed by atoms with van der Waals surface area (Å²) in [6.07, 6.45) is 4.60. The molecule has 140 valence electrons. The first kappa shape index (κ1) is 17.8. The molecular weight excluding hydrogens is 353 g/mol. The molecule has 1 aliphatic carbocycles. The second-order valence-corrected chi connectivity index (χ2v) is 6.94. The van der Waals surface area contributed by atoms with E-state index in [1.165, 1.54) is 12.1 Å². The van der Waals surface area contributed by atoms with E-state index in [0.717, 1.165) is 16.8 Å². The third-order valence-electron chi connectivity index (χ3n) is 5.04. The van der Waals surface area contributed by atoms with Crippen molar-refractivity contribution in [3.05, 3.63) is 71.3 Å². The molecule has 1 aliphatic rings. The van der Waals surface area contributed by atoms with Crippen molar-refractivity contribution in [2.45, 2.75) is 38.5 Å². The van der Waals surface area contributed by atoms with Gasteiger partial charge < -0.3 is 10.1 Å². The molecule has 2 aromatic carbocycles. The number of aryl methyl sites for hydroxylation is 1. The van der Waals surface area contributed by atoms with Gasteiger partial charge in [0.15, 0.2) is 11.6 Å². The van der Waals surface area contributed by atoms with Gasteiger partial charge in [-0.25, -0.2) is 13.2 Å². The number of aromatic nitrogens is 1. The number of nitrogens with zero attached hydrogens (tertiary/aromatic N) is 1. The number of hydrogen-bond acceptors (Lipinski definition) is 3. The molecule has 0 unspecified atom stereocenters. The molecule has 4 rings (SSSR count). The van der Waals surface area contributed by atoms with Gasteiger partial charge in [-0.05, 0) is 55.0 Å². The van der Waals surface area contributed by atoms with Crippen LogP contribution in [0.2, 0.25) is 0 Å². The second-order valence-electron chi connectivity index (χ2n) is 6.94. The Balaban J connectivity index is 1.35. The quantitative estimate of drug-likeness (QED) is 0.707. The zero-order valence-electron chi connectivity index (χ0n) is 14.8. The van der Waals surface area contributed by atoms with Crippen molar-refractivity contribution < 1.29 is 17.9 Å². The summed E-state index contributed by atoms with van der Waals surface area (Å²) >= 11 is 0. The number of nitrogens with one attached hydrogen (secondary N) is 1. The molecule has 1 fully saturated rings. The maximum absolute atomic E-state index is 14.2. The Bertz CT molecular complexity index is 987. The fraction of sp³-hybridized carbons (Fsp3) is 0.286. The Hall–Kier alpha value is -2.60. The van der Waals surface area contributed by atoms with Crippen LogP contribution in [0.15, 0.2) is 42.7 Å². The van der Waals surface area contributed by atoms with Crippen LogP contribution in [0.4, 0.5) is 13.2 Å². The zero-order chi connectivity index (χ0) is 19.0. The molecule has 1 aromatic heterocycles.